The first-order valence-electron chi connectivity index (χ1n) is 6.78. The van der Waals surface area contributed by atoms with Crippen molar-refractivity contribution in [1.82, 2.24) is 9.97 Å². The number of esters is 1. The summed E-state index contributed by atoms with van der Waals surface area (Å²) in [6, 6.07) is 1.98. The Morgan fingerprint density at radius 2 is 2.37 bits per heavy atom. The molecule has 1 aromatic heterocycles. The van der Waals surface area contributed by atoms with Crippen molar-refractivity contribution in [1.29, 1.82) is 0 Å². The van der Waals surface area contributed by atoms with Crippen molar-refractivity contribution in [2.45, 2.75) is 26.2 Å². The monoisotopic (exact) mass is 261 g/mol. The van der Waals surface area contributed by atoms with Crippen LogP contribution < -0.4 is 4.90 Å². The van der Waals surface area contributed by atoms with E-state index in [9.17, 15) is 4.79 Å². The Kier molecular flexibility index (Phi) is 2.92. The minimum atomic E-state index is -0.312. The topological polar surface area (TPSA) is 55.3 Å². The van der Waals surface area contributed by atoms with Crippen LogP contribution in [0.3, 0.4) is 0 Å². The molecule has 102 valence electrons. The zero-order chi connectivity index (χ0) is 13.5. The van der Waals surface area contributed by atoms with Crippen LogP contribution in [0.2, 0.25) is 0 Å². The van der Waals surface area contributed by atoms with Gasteiger partial charge in [0.05, 0.1) is 12.5 Å². The van der Waals surface area contributed by atoms with Gasteiger partial charge in [-0.3, -0.25) is 4.79 Å². The number of anilines is 1. The average Bonchev–Trinajstić information content (AvgIpc) is 2.95. The van der Waals surface area contributed by atoms with Crippen LogP contribution in [0.5, 0.6) is 0 Å². The molecule has 0 bridgehead atoms. The minimum absolute atomic E-state index is 0.0525. The summed E-state index contributed by atoms with van der Waals surface area (Å²) in [7, 11) is 1.49. The van der Waals surface area contributed by atoms with Crippen molar-refractivity contribution in [3.8, 4) is 0 Å². The number of nitrogens with zero attached hydrogens (tertiary/aromatic N) is 3. The molecule has 1 aliphatic carbocycles. The molecule has 3 rings (SSSR count). The van der Waals surface area contributed by atoms with Gasteiger partial charge in [-0.25, -0.2) is 9.97 Å². The van der Waals surface area contributed by atoms with Gasteiger partial charge in [-0.2, -0.15) is 0 Å². The minimum Gasteiger partial charge on any atom is -0.469 e. The second-order valence-corrected chi connectivity index (χ2v) is 5.63. The molecular weight excluding hydrogens is 242 g/mol. The fourth-order valence-electron chi connectivity index (χ4n) is 3.61. The molecule has 0 spiro atoms. The molecular formula is C14H19N3O2. The van der Waals surface area contributed by atoms with Crippen LogP contribution in [-0.4, -0.2) is 36.1 Å². The number of methoxy groups -OCH3 is 1. The summed E-state index contributed by atoms with van der Waals surface area (Å²) in [5.74, 6) is 1.27. The van der Waals surface area contributed by atoms with Gasteiger partial charge in [0.25, 0.3) is 0 Å². The Morgan fingerprint density at radius 1 is 1.53 bits per heavy atom. The molecule has 2 heterocycles. The highest BCUT2D eigenvalue weighted by atomic mass is 16.5. The fraction of sp³-hybridized carbons (Fsp3) is 0.643. The maximum atomic E-state index is 12.2. The number of ether oxygens (including phenoxy) is 1. The highest BCUT2D eigenvalue weighted by Crippen LogP contribution is 2.50. The Morgan fingerprint density at radius 3 is 3.11 bits per heavy atom. The fourth-order valence-corrected chi connectivity index (χ4v) is 3.61. The second kappa shape index (κ2) is 4.47. The highest BCUT2D eigenvalue weighted by Gasteiger charge is 2.55. The number of rotatable bonds is 2. The Hall–Kier alpha value is -1.65. The maximum Gasteiger partial charge on any atom is 0.313 e. The summed E-state index contributed by atoms with van der Waals surface area (Å²) >= 11 is 0. The van der Waals surface area contributed by atoms with E-state index in [-0.39, 0.29) is 11.4 Å². The van der Waals surface area contributed by atoms with E-state index in [1.54, 1.807) is 6.33 Å². The predicted octanol–water partition coefficient (Wildman–Crippen LogP) is 1.56. The maximum absolute atomic E-state index is 12.2. The second-order valence-electron chi connectivity index (χ2n) is 5.63. The molecule has 1 aliphatic heterocycles. The van der Waals surface area contributed by atoms with Gasteiger partial charge in [0.2, 0.25) is 0 Å². The number of aromatic nitrogens is 2. The summed E-state index contributed by atoms with van der Waals surface area (Å²) < 4.78 is 5.05. The van der Waals surface area contributed by atoms with E-state index in [0.717, 1.165) is 43.9 Å². The number of aryl methyl sites for hydroxylation is 1. The lowest BCUT2D eigenvalue weighted by molar-refractivity contribution is -0.152. The number of fused-ring (bicyclic) bond motifs is 1. The first-order valence-corrected chi connectivity index (χ1v) is 6.78. The van der Waals surface area contributed by atoms with Crippen molar-refractivity contribution in [2.24, 2.45) is 11.3 Å². The van der Waals surface area contributed by atoms with E-state index in [2.05, 4.69) is 14.9 Å². The Bertz CT molecular complexity index is 505. The standard InChI is InChI=1S/C14H19N3O2/c1-10-6-12(16-9-15-10)17-7-11-4-3-5-14(11,8-17)13(18)19-2/h6,9,11H,3-5,7-8H2,1-2H3. The number of carbonyl (C=O) groups is 1. The van der Waals surface area contributed by atoms with Gasteiger partial charge in [-0.15, -0.1) is 0 Å². The van der Waals surface area contributed by atoms with Crippen molar-refractivity contribution < 1.29 is 9.53 Å². The molecule has 0 amide bonds. The van der Waals surface area contributed by atoms with E-state index < -0.39 is 0 Å². The van der Waals surface area contributed by atoms with Crippen molar-refractivity contribution in [2.75, 3.05) is 25.1 Å². The van der Waals surface area contributed by atoms with E-state index in [4.69, 9.17) is 4.74 Å². The van der Waals surface area contributed by atoms with Crippen LogP contribution >= 0.6 is 0 Å². The largest absolute Gasteiger partial charge is 0.469 e. The zero-order valence-corrected chi connectivity index (χ0v) is 11.4. The molecule has 2 unspecified atom stereocenters. The molecule has 2 fully saturated rings. The molecule has 0 N–H and O–H groups in total. The third-order valence-electron chi connectivity index (χ3n) is 4.58. The molecule has 1 aromatic rings. The lowest BCUT2D eigenvalue weighted by atomic mass is 9.81. The smallest absolute Gasteiger partial charge is 0.313 e. The lowest BCUT2D eigenvalue weighted by Crippen LogP contribution is -2.37. The molecule has 0 radical (unpaired) electrons. The van der Waals surface area contributed by atoms with Gasteiger partial charge in [-0.1, -0.05) is 6.42 Å². The summed E-state index contributed by atoms with van der Waals surface area (Å²) in [6.45, 7) is 3.57. The molecule has 1 saturated heterocycles. The summed E-state index contributed by atoms with van der Waals surface area (Å²) in [4.78, 5) is 22.8. The molecule has 5 nitrogen and oxygen atoms in total. The van der Waals surface area contributed by atoms with Crippen molar-refractivity contribution >= 4 is 11.8 Å². The van der Waals surface area contributed by atoms with Crippen LogP contribution in [0.1, 0.15) is 25.0 Å². The van der Waals surface area contributed by atoms with Gasteiger partial charge in [0.15, 0.2) is 0 Å². The highest BCUT2D eigenvalue weighted by molar-refractivity contribution is 5.79. The van der Waals surface area contributed by atoms with Gasteiger partial charge >= 0.3 is 5.97 Å². The van der Waals surface area contributed by atoms with Gasteiger partial charge in [0, 0.05) is 24.8 Å². The predicted molar refractivity (Wildman–Crippen MR) is 70.8 cm³/mol. The van der Waals surface area contributed by atoms with E-state index >= 15 is 0 Å². The summed E-state index contributed by atoms with van der Waals surface area (Å²) in [5.41, 5.74) is 0.641. The van der Waals surface area contributed by atoms with Crippen LogP contribution in [-0.2, 0) is 9.53 Å². The molecule has 2 aliphatic rings. The van der Waals surface area contributed by atoms with Crippen molar-refractivity contribution in [3.05, 3.63) is 18.1 Å². The third kappa shape index (κ3) is 1.88. The lowest BCUT2D eigenvalue weighted by Gasteiger charge is -2.25. The Labute approximate surface area is 113 Å². The summed E-state index contributed by atoms with van der Waals surface area (Å²) in [6.07, 6.45) is 4.75. The van der Waals surface area contributed by atoms with Crippen LogP contribution in [0.15, 0.2) is 12.4 Å². The van der Waals surface area contributed by atoms with Crippen LogP contribution in [0, 0.1) is 18.3 Å². The number of hydrogen-bond donors (Lipinski definition) is 0. The molecule has 1 saturated carbocycles. The van der Waals surface area contributed by atoms with Gasteiger partial charge < -0.3 is 9.64 Å². The van der Waals surface area contributed by atoms with Crippen LogP contribution in [0.4, 0.5) is 5.82 Å². The van der Waals surface area contributed by atoms with E-state index in [0.29, 0.717) is 5.92 Å². The SMILES string of the molecule is COC(=O)C12CCCC1CN(c1cc(C)ncn1)C2. The summed E-state index contributed by atoms with van der Waals surface area (Å²) in [5, 5.41) is 0. The normalized spacial score (nSPS) is 29.4. The quantitative estimate of drug-likeness (QED) is 0.756. The molecule has 19 heavy (non-hydrogen) atoms. The van der Waals surface area contributed by atoms with Gasteiger partial charge in [-0.05, 0) is 25.7 Å². The van der Waals surface area contributed by atoms with E-state index in [1.165, 1.54) is 7.11 Å². The number of carbonyl (C=O) groups excluding carboxylic acids is 1. The first-order chi connectivity index (χ1) is 9.15. The number of hydrogen-bond acceptors (Lipinski definition) is 5. The first kappa shape index (κ1) is 12.4. The molecule has 0 aromatic carbocycles. The average molecular weight is 261 g/mol. The van der Waals surface area contributed by atoms with Gasteiger partial charge in [0.1, 0.15) is 12.1 Å². The molecule has 5 heteroatoms. The Balaban J connectivity index is 1.88. The van der Waals surface area contributed by atoms with E-state index in [1.807, 2.05) is 13.0 Å². The van der Waals surface area contributed by atoms with Crippen LogP contribution in [0.25, 0.3) is 0 Å². The third-order valence-corrected chi connectivity index (χ3v) is 4.58. The zero-order valence-electron chi connectivity index (χ0n) is 11.4. The van der Waals surface area contributed by atoms with Crippen molar-refractivity contribution in [3.63, 3.8) is 0 Å². The molecule has 2 atom stereocenters.